The number of hydrogen-bond acceptors (Lipinski definition) is 2. The van der Waals surface area contributed by atoms with Crippen molar-refractivity contribution in [3.05, 3.63) is 21.8 Å². The van der Waals surface area contributed by atoms with Gasteiger partial charge < -0.3 is 9.64 Å². The zero-order chi connectivity index (χ0) is 13.3. The highest BCUT2D eigenvalue weighted by Gasteiger charge is 2.40. The van der Waals surface area contributed by atoms with Gasteiger partial charge in [0.05, 0.1) is 12.4 Å². The molecule has 1 heterocycles. The van der Waals surface area contributed by atoms with E-state index in [9.17, 15) is 9.18 Å². The Bertz CT molecular complexity index is 476. The third-order valence-electron chi connectivity index (χ3n) is 2.85. The van der Waals surface area contributed by atoms with E-state index in [4.69, 9.17) is 4.74 Å². The van der Waals surface area contributed by atoms with Crippen LogP contribution in [0.5, 0.6) is 5.75 Å². The molecule has 1 amide bonds. The fraction of sp³-hybridized carbons (Fsp3) is 0.462. The molecule has 1 aliphatic heterocycles. The largest absolute Gasteiger partial charge is 0.476 e. The van der Waals surface area contributed by atoms with E-state index in [1.807, 2.05) is 18.2 Å². The molecule has 0 radical (unpaired) electrons. The maximum absolute atomic E-state index is 12.4. The number of amides is 1. The standard InChI is InChI=1S/C13H15FINO2/c1-13(2)12(17)16(7-3-6-14)10-8-9(15)4-5-11(10)18-13/h4-5,8H,3,6-7H2,1-2H3. The van der Waals surface area contributed by atoms with Crippen molar-refractivity contribution in [2.24, 2.45) is 0 Å². The molecule has 0 unspecified atom stereocenters. The first-order valence-corrected chi connectivity index (χ1v) is 6.90. The van der Waals surface area contributed by atoms with Gasteiger partial charge in [0.1, 0.15) is 5.75 Å². The van der Waals surface area contributed by atoms with Crippen molar-refractivity contribution in [3.63, 3.8) is 0 Å². The van der Waals surface area contributed by atoms with E-state index in [-0.39, 0.29) is 5.91 Å². The molecular weight excluding hydrogens is 348 g/mol. The van der Waals surface area contributed by atoms with Crippen LogP contribution in [0.3, 0.4) is 0 Å². The molecule has 0 spiro atoms. The first-order chi connectivity index (χ1) is 8.45. The number of nitrogens with zero attached hydrogens (tertiary/aromatic N) is 1. The van der Waals surface area contributed by atoms with Crippen molar-refractivity contribution in [3.8, 4) is 5.75 Å². The van der Waals surface area contributed by atoms with Crippen molar-refractivity contribution in [2.45, 2.75) is 25.9 Å². The second-order valence-corrected chi connectivity index (χ2v) is 5.97. The monoisotopic (exact) mass is 363 g/mol. The average Bonchev–Trinajstić information content (AvgIpc) is 2.31. The van der Waals surface area contributed by atoms with Gasteiger partial charge in [-0.2, -0.15) is 0 Å². The van der Waals surface area contributed by atoms with Gasteiger partial charge in [0.25, 0.3) is 5.91 Å². The number of anilines is 1. The third kappa shape index (κ3) is 2.46. The molecule has 0 aromatic heterocycles. The lowest BCUT2D eigenvalue weighted by Gasteiger charge is -2.38. The molecule has 98 valence electrons. The number of fused-ring (bicyclic) bond motifs is 1. The summed E-state index contributed by atoms with van der Waals surface area (Å²) in [5, 5.41) is 0. The van der Waals surface area contributed by atoms with Crippen LogP contribution in [0, 0.1) is 3.57 Å². The van der Waals surface area contributed by atoms with Gasteiger partial charge in [-0.25, -0.2) is 0 Å². The number of benzene rings is 1. The Morgan fingerprint density at radius 2 is 2.17 bits per heavy atom. The quantitative estimate of drug-likeness (QED) is 0.773. The van der Waals surface area contributed by atoms with Crippen LogP contribution >= 0.6 is 22.6 Å². The molecule has 0 saturated heterocycles. The Labute approximate surface area is 119 Å². The number of hydrogen-bond donors (Lipinski definition) is 0. The molecule has 1 aliphatic rings. The van der Waals surface area contributed by atoms with Crippen molar-refractivity contribution in [1.29, 1.82) is 0 Å². The summed E-state index contributed by atoms with van der Waals surface area (Å²) < 4.78 is 19.1. The fourth-order valence-corrected chi connectivity index (χ4v) is 2.46. The van der Waals surface area contributed by atoms with Crippen molar-refractivity contribution >= 4 is 34.2 Å². The Morgan fingerprint density at radius 1 is 1.44 bits per heavy atom. The highest BCUT2D eigenvalue weighted by atomic mass is 127. The van der Waals surface area contributed by atoms with Gasteiger partial charge in [-0.3, -0.25) is 9.18 Å². The molecule has 3 nitrogen and oxygen atoms in total. The zero-order valence-corrected chi connectivity index (χ0v) is 12.5. The van der Waals surface area contributed by atoms with E-state index >= 15 is 0 Å². The normalized spacial score (nSPS) is 17.3. The number of halogens is 2. The highest BCUT2D eigenvalue weighted by Crippen LogP contribution is 2.38. The summed E-state index contributed by atoms with van der Waals surface area (Å²) in [4.78, 5) is 13.9. The van der Waals surface area contributed by atoms with Crippen LogP contribution in [0.1, 0.15) is 20.3 Å². The van der Waals surface area contributed by atoms with E-state index in [1.54, 1.807) is 18.7 Å². The summed E-state index contributed by atoms with van der Waals surface area (Å²) in [5.41, 5.74) is -0.157. The maximum Gasteiger partial charge on any atom is 0.270 e. The van der Waals surface area contributed by atoms with Gasteiger partial charge in [0, 0.05) is 10.1 Å². The molecular formula is C13H15FINO2. The summed E-state index contributed by atoms with van der Waals surface area (Å²) in [5.74, 6) is 0.560. The van der Waals surface area contributed by atoms with Crippen molar-refractivity contribution in [1.82, 2.24) is 0 Å². The minimum atomic E-state index is -0.893. The van der Waals surface area contributed by atoms with Crippen LogP contribution in [0.2, 0.25) is 0 Å². The van der Waals surface area contributed by atoms with Gasteiger partial charge >= 0.3 is 0 Å². The van der Waals surface area contributed by atoms with Gasteiger partial charge in [-0.05, 0) is 61.1 Å². The molecule has 1 aromatic rings. The molecule has 0 fully saturated rings. The predicted octanol–water partition coefficient (Wildman–Crippen LogP) is 3.15. The van der Waals surface area contributed by atoms with Crippen molar-refractivity contribution in [2.75, 3.05) is 18.1 Å². The second-order valence-electron chi connectivity index (χ2n) is 4.72. The number of rotatable bonds is 3. The minimum Gasteiger partial charge on any atom is -0.476 e. The van der Waals surface area contributed by atoms with Crippen LogP contribution in [-0.4, -0.2) is 24.7 Å². The van der Waals surface area contributed by atoms with Crippen LogP contribution in [0.15, 0.2) is 18.2 Å². The van der Waals surface area contributed by atoms with Gasteiger partial charge in [0.15, 0.2) is 5.60 Å². The molecule has 0 saturated carbocycles. The highest BCUT2D eigenvalue weighted by molar-refractivity contribution is 14.1. The van der Waals surface area contributed by atoms with Gasteiger partial charge in [0.2, 0.25) is 0 Å². The number of carbonyl (C=O) groups excluding carboxylic acids is 1. The topological polar surface area (TPSA) is 29.5 Å². The molecule has 5 heteroatoms. The van der Waals surface area contributed by atoms with Gasteiger partial charge in [-0.15, -0.1) is 0 Å². The molecule has 0 N–H and O–H groups in total. The maximum atomic E-state index is 12.4. The Hall–Kier alpha value is -0.850. The summed E-state index contributed by atoms with van der Waals surface area (Å²) in [6, 6.07) is 5.67. The average molecular weight is 363 g/mol. The SMILES string of the molecule is CC1(C)Oc2ccc(I)cc2N(CCCF)C1=O. The van der Waals surface area contributed by atoms with Gasteiger partial charge in [-0.1, -0.05) is 0 Å². The van der Waals surface area contributed by atoms with Crippen LogP contribution < -0.4 is 9.64 Å². The lowest BCUT2D eigenvalue weighted by Crippen LogP contribution is -2.52. The summed E-state index contributed by atoms with van der Waals surface area (Å²) in [6.07, 6.45) is 0.340. The van der Waals surface area contributed by atoms with Crippen LogP contribution in [-0.2, 0) is 4.79 Å². The number of carbonyl (C=O) groups is 1. The minimum absolute atomic E-state index is 0.120. The number of alkyl halides is 1. The first kappa shape index (κ1) is 13.6. The van der Waals surface area contributed by atoms with Crippen molar-refractivity contribution < 1.29 is 13.9 Å². The Kier molecular flexibility index (Phi) is 3.79. The Morgan fingerprint density at radius 3 is 2.83 bits per heavy atom. The number of ether oxygens (including phenoxy) is 1. The van der Waals surface area contributed by atoms with Crippen LogP contribution in [0.4, 0.5) is 10.1 Å². The zero-order valence-electron chi connectivity index (χ0n) is 10.4. The molecule has 18 heavy (non-hydrogen) atoms. The smallest absolute Gasteiger partial charge is 0.270 e. The fourth-order valence-electron chi connectivity index (χ4n) is 1.98. The van der Waals surface area contributed by atoms with E-state index in [1.165, 1.54) is 0 Å². The van der Waals surface area contributed by atoms with E-state index < -0.39 is 12.3 Å². The molecule has 0 aliphatic carbocycles. The van der Waals surface area contributed by atoms with E-state index in [0.717, 1.165) is 9.26 Å². The molecule has 1 aromatic carbocycles. The lowest BCUT2D eigenvalue weighted by atomic mass is 10.0. The third-order valence-corrected chi connectivity index (χ3v) is 3.52. The Balaban J connectivity index is 2.43. The van der Waals surface area contributed by atoms with E-state index in [2.05, 4.69) is 22.6 Å². The summed E-state index contributed by atoms with van der Waals surface area (Å²) in [6.45, 7) is 3.43. The van der Waals surface area contributed by atoms with Crippen LogP contribution in [0.25, 0.3) is 0 Å². The molecule has 0 bridgehead atoms. The molecule has 0 atom stereocenters. The lowest BCUT2D eigenvalue weighted by molar-refractivity contribution is -0.132. The second kappa shape index (κ2) is 5.03. The summed E-state index contributed by atoms with van der Waals surface area (Å²) in [7, 11) is 0. The summed E-state index contributed by atoms with van der Waals surface area (Å²) >= 11 is 2.18. The van der Waals surface area contributed by atoms with E-state index in [0.29, 0.717) is 18.7 Å². The first-order valence-electron chi connectivity index (χ1n) is 5.82. The molecule has 2 rings (SSSR count). The predicted molar refractivity (Wildman–Crippen MR) is 76.8 cm³/mol.